The standard InChI is InChI=1S/C12H9FN4OS/c13-7-3-4-9(18)8(5-7)11-16-17-10(6-1-2-6)14-15-12(17)19-11/h3-6,18H,1-2H2. The summed E-state index contributed by atoms with van der Waals surface area (Å²) in [5.74, 6) is 0.903. The average Bonchev–Trinajstić information content (AvgIpc) is 3.01. The quantitative estimate of drug-likeness (QED) is 0.781. The number of aromatic hydroxyl groups is 1. The van der Waals surface area contributed by atoms with Gasteiger partial charge in [0.2, 0.25) is 4.96 Å². The highest BCUT2D eigenvalue weighted by atomic mass is 32.1. The maximum absolute atomic E-state index is 13.3. The smallest absolute Gasteiger partial charge is 0.234 e. The highest BCUT2D eigenvalue weighted by Crippen LogP contribution is 2.40. The first-order valence-electron chi connectivity index (χ1n) is 5.93. The molecular weight excluding hydrogens is 267 g/mol. The Bertz CT molecular complexity index is 777. The van der Waals surface area contributed by atoms with Crippen LogP contribution in [-0.4, -0.2) is 24.9 Å². The van der Waals surface area contributed by atoms with Crippen molar-refractivity contribution < 1.29 is 9.50 Å². The molecule has 19 heavy (non-hydrogen) atoms. The lowest BCUT2D eigenvalue weighted by atomic mass is 10.2. The normalized spacial score (nSPS) is 15.2. The molecule has 0 saturated heterocycles. The van der Waals surface area contributed by atoms with Crippen molar-refractivity contribution >= 4 is 16.3 Å². The van der Waals surface area contributed by atoms with Gasteiger partial charge in [0.1, 0.15) is 11.6 Å². The van der Waals surface area contributed by atoms with Gasteiger partial charge in [0, 0.05) is 5.92 Å². The number of benzene rings is 1. The molecular formula is C12H9FN4OS. The predicted octanol–water partition coefficient (Wildman–Crippen LogP) is 2.57. The van der Waals surface area contributed by atoms with Crippen molar-refractivity contribution in [3.05, 3.63) is 29.8 Å². The molecule has 1 N–H and O–H groups in total. The number of halogens is 1. The van der Waals surface area contributed by atoms with E-state index in [0.717, 1.165) is 18.7 Å². The van der Waals surface area contributed by atoms with E-state index in [1.165, 1.54) is 29.5 Å². The minimum atomic E-state index is -0.402. The molecule has 7 heteroatoms. The lowest BCUT2D eigenvalue weighted by molar-refractivity contribution is 0.475. The molecule has 3 aromatic rings. The first-order valence-corrected chi connectivity index (χ1v) is 6.75. The largest absolute Gasteiger partial charge is 0.507 e. The molecule has 0 radical (unpaired) electrons. The Hall–Kier alpha value is -2.02. The van der Waals surface area contributed by atoms with Gasteiger partial charge in [0.25, 0.3) is 0 Å². The van der Waals surface area contributed by atoms with E-state index in [9.17, 15) is 9.50 Å². The van der Waals surface area contributed by atoms with E-state index in [0.29, 0.717) is 21.4 Å². The van der Waals surface area contributed by atoms with Crippen LogP contribution in [0.15, 0.2) is 18.2 Å². The second-order valence-electron chi connectivity index (χ2n) is 4.60. The number of fused-ring (bicyclic) bond motifs is 1. The Balaban J connectivity index is 1.88. The summed E-state index contributed by atoms with van der Waals surface area (Å²) in [6.07, 6.45) is 2.22. The zero-order chi connectivity index (χ0) is 13.0. The fourth-order valence-corrected chi connectivity index (χ4v) is 2.89. The summed E-state index contributed by atoms with van der Waals surface area (Å²) < 4.78 is 15.0. The zero-order valence-corrected chi connectivity index (χ0v) is 10.6. The third kappa shape index (κ3) is 1.69. The van der Waals surface area contributed by atoms with Gasteiger partial charge in [0.05, 0.1) is 5.56 Å². The number of hydrogen-bond acceptors (Lipinski definition) is 5. The number of phenols is 1. The predicted molar refractivity (Wildman–Crippen MR) is 67.7 cm³/mol. The van der Waals surface area contributed by atoms with E-state index in [-0.39, 0.29) is 5.75 Å². The fraction of sp³-hybridized carbons (Fsp3) is 0.250. The van der Waals surface area contributed by atoms with Crippen LogP contribution < -0.4 is 0 Å². The molecule has 0 atom stereocenters. The summed E-state index contributed by atoms with van der Waals surface area (Å²) in [5.41, 5.74) is 0.386. The van der Waals surface area contributed by atoms with Crippen LogP contribution in [0.4, 0.5) is 4.39 Å². The highest BCUT2D eigenvalue weighted by Gasteiger charge is 2.30. The third-order valence-corrected chi connectivity index (χ3v) is 4.08. The van der Waals surface area contributed by atoms with E-state index >= 15 is 0 Å². The molecule has 2 aromatic heterocycles. The van der Waals surface area contributed by atoms with Crippen molar-refractivity contribution in [1.82, 2.24) is 19.8 Å². The maximum Gasteiger partial charge on any atom is 0.234 e. The monoisotopic (exact) mass is 276 g/mol. The topological polar surface area (TPSA) is 63.3 Å². The van der Waals surface area contributed by atoms with E-state index in [1.54, 1.807) is 4.52 Å². The number of phenolic OH excluding ortho intramolecular Hbond substituents is 1. The van der Waals surface area contributed by atoms with Crippen LogP contribution >= 0.6 is 11.3 Å². The number of rotatable bonds is 2. The van der Waals surface area contributed by atoms with Crippen molar-refractivity contribution in [2.24, 2.45) is 0 Å². The van der Waals surface area contributed by atoms with Gasteiger partial charge in [-0.25, -0.2) is 4.39 Å². The Kier molecular flexibility index (Phi) is 2.14. The van der Waals surface area contributed by atoms with Gasteiger partial charge >= 0.3 is 0 Å². The molecule has 1 aliphatic rings. The summed E-state index contributed by atoms with van der Waals surface area (Å²) in [6.45, 7) is 0. The van der Waals surface area contributed by atoms with Crippen molar-refractivity contribution in [3.8, 4) is 16.3 Å². The molecule has 0 amide bonds. The van der Waals surface area contributed by atoms with E-state index in [2.05, 4.69) is 15.3 Å². The summed E-state index contributed by atoms with van der Waals surface area (Å²) in [5, 5.41) is 22.9. The molecule has 5 nitrogen and oxygen atoms in total. The second-order valence-corrected chi connectivity index (χ2v) is 5.55. The molecule has 96 valence electrons. The van der Waals surface area contributed by atoms with Crippen LogP contribution in [0.5, 0.6) is 5.75 Å². The van der Waals surface area contributed by atoms with Crippen LogP contribution in [0.3, 0.4) is 0 Å². The summed E-state index contributed by atoms with van der Waals surface area (Å²) in [7, 11) is 0. The lowest BCUT2D eigenvalue weighted by Gasteiger charge is -1.99. The van der Waals surface area contributed by atoms with Crippen molar-refractivity contribution in [1.29, 1.82) is 0 Å². The molecule has 0 unspecified atom stereocenters. The number of aromatic nitrogens is 4. The minimum Gasteiger partial charge on any atom is -0.507 e. The number of hydrogen-bond donors (Lipinski definition) is 1. The van der Waals surface area contributed by atoms with Gasteiger partial charge in [0.15, 0.2) is 10.8 Å². The van der Waals surface area contributed by atoms with Gasteiger partial charge in [-0.1, -0.05) is 11.3 Å². The summed E-state index contributed by atoms with van der Waals surface area (Å²) in [4.78, 5) is 0.667. The SMILES string of the molecule is Oc1ccc(F)cc1-c1nn2c(C3CC3)nnc2s1. The first-order chi connectivity index (χ1) is 9.22. The molecule has 0 aliphatic heterocycles. The zero-order valence-electron chi connectivity index (χ0n) is 9.75. The van der Waals surface area contributed by atoms with Crippen LogP contribution in [0, 0.1) is 5.82 Å². The van der Waals surface area contributed by atoms with E-state index < -0.39 is 5.82 Å². The van der Waals surface area contributed by atoms with Gasteiger partial charge in [-0.3, -0.25) is 0 Å². The molecule has 1 fully saturated rings. The molecule has 4 rings (SSSR count). The molecule has 1 aromatic carbocycles. The molecule has 2 heterocycles. The van der Waals surface area contributed by atoms with E-state index in [4.69, 9.17) is 0 Å². The third-order valence-electron chi connectivity index (χ3n) is 3.15. The Morgan fingerprint density at radius 1 is 1.32 bits per heavy atom. The molecule has 1 saturated carbocycles. The second kappa shape index (κ2) is 3.74. The van der Waals surface area contributed by atoms with Crippen LogP contribution in [-0.2, 0) is 0 Å². The van der Waals surface area contributed by atoms with Crippen LogP contribution in [0.25, 0.3) is 15.5 Å². The Labute approximate surface area is 111 Å². The summed E-state index contributed by atoms with van der Waals surface area (Å²) in [6, 6.07) is 3.82. The van der Waals surface area contributed by atoms with E-state index in [1.807, 2.05) is 0 Å². The van der Waals surface area contributed by atoms with Gasteiger partial charge < -0.3 is 5.11 Å². The molecule has 0 spiro atoms. The molecule has 1 aliphatic carbocycles. The average molecular weight is 276 g/mol. The lowest BCUT2D eigenvalue weighted by Crippen LogP contribution is -1.93. The van der Waals surface area contributed by atoms with Crippen molar-refractivity contribution in [2.45, 2.75) is 18.8 Å². The highest BCUT2D eigenvalue weighted by molar-refractivity contribution is 7.19. The van der Waals surface area contributed by atoms with Crippen molar-refractivity contribution in [3.63, 3.8) is 0 Å². The van der Waals surface area contributed by atoms with Gasteiger partial charge in [-0.2, -0.15) is 9.61 Å². The van der Waals surface area contributed by atoms with Crippen LogP contribution in [0.1, 0.15) is 24.6 Å². The Morgan fingerprint density at radius 2 is 2.16 bits per heavy atom. The molecule has 0 bridgehead atoms. The fourth-order valence-electron chi connectivity index (χ4n) is 2.02. The number of nitrogens with zero attached hydrogens (tertiary/aromatic N) is 4. The minimum absolute atomic E-state index is 0.0133. The van der Waals surface area contributed by atoms with Crippen molar-refractivity contribution in [2.75, 3.05) is 0 Å². The first kappa shape index (κ1) is 10.9. The Morgan fingerprint density at radius 3 is 2.95 bits per heavy atom. The maximum atomic E-state index is 13.3. The van der Waals surface area contributed by atoms with Gasteiger partial charge in [-0.05, 0) is 31.0 Å². The van der Waals surface area contributed by atoms with Gasteiger partial charge in [-0.15, -0.1) is 10.2 Å². The van der Waals surface area contributed by atoms with Crippen LogP contribution in [0.2, 0.25) is 0 Å². The summed E-state index contributed by atoms with van der Waals surface area (Å²) >= 11 is 1.29.